The number of benzene rings is 3. The van der Waals surface area contributed by atoms with Crippen molar-refractivity contribution in [3.63, 3.8) is 0 Å². The van der Waals surface area contributed by atoms with Gasteiger partial charge in [-0.2, -0.15) is 0 Å². The third-order valence-corrected chi connectivity index (χ3v) is 6.04. The van der Waals surface area contributed by atoms with Crippen LogP contribution in [0.1, 0.15) is 0 Å². The van der Waals surface area contributed by atoms with Gasteiger partial charge in [-0.25, -0.2) is 9.37 Å². The van der Waals surface area contributed by atoms with E-state index in [4.69, 9.17) is 16.3 Å². The van der Waals surface area contributed by atoms with Crippen LogP contribution in [-0.4, -0.2) is 34.2 Å². The van der Waals surface area contributed by atoms with Crippen LogP contribution in [0.2, 0.25) is 5.02 Å². The van der Waals surface area contributed by atoms with Crippen LogP contribution in [0.25, 0.3) is 11.0 Å². The van der Waals surface area contributed by atoms with Crippen molar-refractivity contribution >= 4 is 57.6 Å². The smallest absolute Gasteiger partial charge is 0.244 e. The molecule has 4 rings (SSSR count). The Morgan fingerprint density at radius 2 is 1.82 bits per heavy atom. The van der Waals surface area contributed by atoms with E-state index in [0.29, 0.717) is 22.1 Å². The van der Waals surface area contributed by atoms with Crippen molar-refractivity contribution in [2.24, 2.45) is 0 Å². The summed E-state index contributed by atoms with van der Waals surface area (Å²) in [6.45, 7) is -0.106. The highest BCUT2D eigenvalue weighted by molar-refractivity contribution is 7.99. The maximum Gasteiger partial charge on any atom is 0.244 e. The van der Waals surface area contributed by atoms with Crippen LogP contribution < -0.4 is 15.4 Å². The average Bonchev–Trinajstić information content (AvgIpc) is 3.17. The number of carbonyl (C=O) groups is 2. The number of para-hydroxylation sites is 2. The molecule has 2 N–H and O–H groups in total. The molecule has 0 radical (unpaired) electrons. The number of aromatic nitrogens is 2. The first-order valence-corrected chi connectivity index (χ1v) is 11.6. The summed E-state index contributed by atoms with van der Waals surface area (Å²) in [4.78, 5) is 29.7. The van der Waals surface area contributed by atoms with E-state index in [1.54, 1.807) is 35.9 Å². The van der Waals surface area contributed by atoms with Gasteiger partial charge >= 0.3 is 0 Å². The standard InChI is InChI=1S/C24H20ClFN4O3S/c1-33-17-9-7-16(8-10-17)27-23(32)14-34-24-29-20-4-2-3-5-21(20)30(24)13-22(31)28-19-11-6-15(25)12-18(19)26/h2-12H,13-14H2,1H3,(H,27,32)(H,28,31). The summed E-state index contributed by atoms with van der Waals surface area (Å²) in [6, 6.07) is 18.4. The normalized spacial score (nSPS) is 10.8. The average molecular weight is 499 g/mol. The Morgan fingerprint density at radius 1 is 1.06 bits per heavy atom. The second-order valence-corrected chi connectivity index (χ2v) is 8.59. The minimum Gasteiger partial charge on any atom is -0.497 e. The fourth-order valence-corrected chi connectivity index (χ4v) is 4.21. The fraction of sp³-hybridized carbons (Fsp3) is 0.125. The summed E-state index contributed by atoms with van der Waals surface area (Å²) in [5.74, 6) is -0.502. The lowest BCUT2D eigenvalue weighted by atomic mass is 10.3. The molecule has 0 aliphatic rings. The third-order valence-electron chi connectivity index (χ3n) is 4.83. The molecule has 0 saturated carbocycles. The maximum absolute atomic E-state index is 14.1. The largest absolute Gasteiger partial charge is 0.497 e. The Balaban J connectivity index is 1.47. The number of nitrogens with zero attached hydrogens (tertiary/aromatic N) is 2. The second-order valence-electron chi connectivity index (χ2n) is 7.21. The van der Waals surface area contributed by atoms with Crippen molar-refractivity contribution < 1.29 is 18.7 Å². The monoisotopic (exact) mass is 498 g/mol. The third kappa shape index (κ3) is 5.67. The zero-order valence-corrected chi connectivity index (χ0v) is 19.6. The minimum atomic E-state index is -0.624. The molecule has 0 bridgehead atoms. The zero-order valence-electron chi connectivity index (χ0n) is 18.0. The number of amides is 2. The Hall–Kier alpha value is -3.56. The summed E-state index contributed by atoms with van der Waals surface area (Å²) in [5, 5.41) is 6.11. The lowest BCUT2D eigenvalue weighted by molar-refractivity contribution is -0.117. The van der Waals surface area contributed by atoms with Gasteiger partial charge in [0.25, 0.3) is 0 Å². The molecule has 34 heavy (non-hydrogen) atoms. The molecule has 3 aromatic carbocycles. The van der Waals surface area contributed by atoms with E-state index in [9.17, 15) is 14.0 Å². The molecular weight excluding hydrogens is 479 g/mol. The fourth-order valence-electron chi connectivity index (χ4n) is 3.24. The van der Waals surface area contributed by atoms with Crippen LogP contribution in [0.5, 0.6) is 5.75 Å². The van der Waals surface area contributed by atoms with Gasteiger partial charge in [0.15, 0.2) is 5.16 Å². The van der Waals surface area contributed by atoms with Gasteiger partial charge in [-0.05, 0) is 54.6 Å². The van der Waals surface area contributed by atoms with Crippen molar-refractivity contribution in [3.8, 4) is 5.75 Å². The molecule has 4 aromatic rings. The summed E-state index contributed by atoms with van der Waals surface area (Å²) in [5.41, 5.74) is 2.09. The summed E-state index contributed by atoms with van der Waals surface area (Å²) in [7, 11) is 1.57. The number of nitrogens with one attached hydrogen (secondary N) is 2. The molecule has 0 aliphatic carbocycles. The molecule has 0 atom stereocenters. The number of hydrogen-bond acceptors (Lipinski definition) is 5. The first-order valence-electron chi connectivity index (χ1n) is 10.2. The molecule has 0 fully saturated rings. The number of imidazole rings is 1. The van der Waals surface area contributed by atoms with Crippen LogP contribution in [0.4, 0.5) is 15.8 Å². The van der Waals surface area contributed by atoms with Gasteiger partial charge in [0.1, 0.15) is 18.1 Å². The highest BCUT2D eigenvalue weighted by Crippen LogP contribution is 2.25. The molecule has 10 heteroatoms. The van der Waals surface area contributed by atoms with Gasteiger partial charge in [0.2, 0.25) is 11.8 Å². The van der Waals surface area contributed by atoms with Crippen molar-refractivity contribution in [3.05, 3.63) is 77.6 Å². The number of thioether (sulfide) groups is 1. The van der Waals surface area contributed by atoms with Crippen LogP contribution in [0.15, 0.2) is 71.9 Å². The number of anilines is 2. The Kier molecular flexibility index (Phi) is 7.34. The number of hydrogen-bond donors (Lipinski definition) is 2. The highest BCUT2D eigenvalue weighted by Gasteiger charge is 2.16. The Labute approximate surface area is 204 Å². The molecule has 0 saturated heterocycles. The van der Waals surface area contributed by atoms with Gasteiger partial charge < -0.3 is 19.9 Å². The van der Waals surface area contributed by atoms with E-state index in [1.807, 2.05) is 24.3 Å². The number of halogens is 2. The van der Waals surface area contributed by atoms with E-state index in [2.05, 4.69) is 15.6 Å². The molecular formula is C24H20ClFN4O3S. The van der Waals surface area contributed by atoms with Gasteiger partial charge in [-0.15, -0.1) is 0 Å². The second kappa shape index (κ2) is 10.6. The highest BCUT2D eigenvalue weighted by atomic mass is 35.5. The topological polar surface area (TPSA) is 85.2 Å². The molecule has 1 heterocycles. The van der Waals surface area contributed by atoms with Gasteiger partial charge in [0.05, 0.1) is 29.6 Å². The van der Waals surface area contributed by atoms with E-state index in [-0.39, 0.29) is 28.9 Å². The maximum atomic E-state index is 14.1. The molecule has 0 aliphatic heterocycles. The molecule has 2 amide bonds. The van der Waals surface area contributed by atoms with Crippen LogP contribution in [0.3, 0.4) is 0 Å². The molecule has 0 spiro atoms. The van der Waals surface area contributed by atoms with Crippen molar-refractivity contribution in [2.75, 3.05) is 23.5 Å². The number of methoxy groups -OCH3 is 1. The van der Waals surface area contributed by atoms with Crippen LogP contribution in [-0.2, 0) is 16.1 Å². The van der Waals surface area contributed by atoms with Crippen molar-refractivity contribution in [1.29, 1.82) is 0 Å². The zero-order chi connectivity index (χ0) is 24.1. The SMILES string of the molecule is COc1ccc(NC(=O)CSc2nc3ccccc3n2CC(=O)Nc2ccc(Cl)cc2F)cc1. The molecule has 0 unspecified atom stereocenters. The van der Waals surface area contributed by atoms with E-state index >= 15 is 0 Å². The predicted molar refractivity (Wildman–Crippen MR) is 132 cm³/mol. The Morgan fingerprint density at radius 3 is 2.56 bits per heavy atom. The molecule has 7 nitrogen and oxygen atoms in total. The van der Waals surface area contributed by atoms with Gasteiger partial charge in [-0.1, -0.05) is 35.5 Å². The summed E-state index contributed by atoms with van der Waals surface area (Å²) >= 11 is 6.98. The summed E-state index contributed by atoms with van der Waals surface area (Å²) < 4.78 is 20.9. The number of rotatable bonds is 8. The number of ether oxygens (including phenoxy) is 1. The Bertz CT molecular complexity index is 1340. The van der Waals surface area contributed by atoms with Gasteiger partial charge in [0, 0.05) is 10.7 Å². The van der Waals surface area contributed by atoms with Crippen LogP contribution >= 0.6 is 23.4 Å². The minimum absolute atomic E-state index is 0.0342. The van der Waals surface area contributed by atoms with Crippen LogP contribution in [0, 0.1) is 5.82 Å². The number of carbonyl (C=O) groups excluding carboxylic acids is 2. The predicted octanol–water partition coefficient (Wildman–Crippen LogP) is 5.21. The van der Waals surface area contributed by atoms with Crippen molar-refractivity contribution in [1.82, 2.24) is 9.55 Å². The number of fused-ring (bicyclic) bond motifs is 1. The van der Waals surface area contributed by atoms with E-state index < -0.39 is 11.7 Å². The lowest BCUT2D eigenvalue weighted by Gasteiger charge is -2.11. The van der Waals surface area contributed by atoms with E-state index in [0.717, 1.165) is 11.6 Å². The summed E-state index contributed by atoms with van der Waals surface area (Å²) in [6.07, 6.45) is 0. The van der Waals surface area contributed by atoms with Gasteiger partial charge in [-0.3, -0.25) is 9.59 Å². The first-order chi connectivity index (χ1) is 16.4. The molecule has 1 aromatic heterocycles. The molecule has 174 valence electrons. The lowest BCUT2D eigenvalue weighted by Crippen LogP contribution is -2.20. The quantitative estimate of drug-likeness (QED) is 0.326. The van der Waals surface area contributed by atoms with E-state index in [1.165, 1.54) is 23.9 Å². The van der Waals surface area contributed by atoms with Crippen molar-refractivity contribution in [2.45, 2.75) is 11.7 Å². The first kappa shape index (κ1) is 23.6.